The molecule has 6 nitrogen and oxygen atoms in total. The van der Waals surface area contributed by atoms with Gasteiger partial charge in [-0.15, -0.1) is 0 Å². The summed E-state index contributed by atoms with van der Waals surface area (Å²) in [5.74, 6) is -0.400. The summed E-state index contributed by atoms with van der Waals surface area (Å²) in [5, 5.41) is 2.56. The van der Waals surface area contributed by atoms with Crippen molar-refractivity contribution in [3.63, 3.8) is 0 Å². The van der Waals surface area contributed by atoms with Gasteiger partial charge in [0, 0.05) is 5.56 Å². The van der Waals surface area contributed by atoms with Gasteiger partial charge in [-0.05, 0) is 54.5 Å². The fourth-order valence-corrected chi connectivity index (χ4v) is 3.43. The molecule has 0 radical (unpaired) electrons. The maximum atomic E-state index is 13.9. The van der Waals surface area contributed by atoms with Crippen LogP contribution in [0, 0.1) is 11.6 Å². The minimum absolute atomic E-state index is 0.0231. The lowest BCUT2D eigenvalue weighted by Gasteiger charge is -2.13. The molecule has 3 aromatic rings. The van der Waals surface area contributed by atoms with Gasteiger partial charge in [0.25, 0.3) is 5.91 Å². The zero-order valence-corrected chi connectivity index (χ0v) is 18.4. The van der Waals surface area contributed by atoms with Crippen LogP contribution in [0.4, 0.5) is 13.6 Å². The van der Waals surface area contributed by atoms with Crippen LogP contribution >= 0.6 is 0 Å². The first-order chi connectivity index (χ1) is 16.4. The fraction of sp³-hybridized carbons (Fsp3) is 0.154. The highest BCUT2D eigenvalue weighted by molar-refractivity contribution is 6.13. The molecule has 0 atom stereocenters. The van der Waals surface area contributed by atoms with Crippen LogP contribution in [-0.2, 0) is 17.9 Å². The molecule has 0 aliphatic carbocycles. The third kappa shape index (κ3) is 5.23. The zero-order valence-electron chi connectivity index (χ0n) is 18.4. The summed E-state index contributed by atoms with van der Waals surface area (Å²) in [7, 11) is 0. The average Bonchev–Trinajstić information content (AvgIpc) is 3.08. The topological polar surface area (TPSA) is 67.9 Å². The molecule has 1 N–H and O–H groups in total. The number of imide groups is 1. The minimum Gasteiger partial charge on any atom is -0.490 e. The monoisotopic (exact) mass is 464 g/mol. The van der Waals surface area contributed by atoms with E-state index >= 15 is 0 Å². The number of rotatable bonds is 8. The normalized spacial score (nSPS) is 14.4. The lowest BCUT2D eigenvalue weighted by molar-refractivity contribution is -0.123. The molecule has 3 aromatic carbocycles. The molecule has 3 amide bonds. The van der Waals surface area contributed by atoms with E-state index in [1.807, 2.05) is 6.92 Å². The van der Waals surface area contributed by atoms with E-state index < -0.39 is 17.8 Å². The van der Waals surface area contributed by atoms with E-state index in [4.69, 9.17) is 9.47 Å². The Bertz CT molecular complexity index is 1240. The molecule has 0 unspecified atom stereocenters. The summed E-state index contributed by atoms with van der Waals surface area (Å²) in [6.45, 7) is 2.24. The number of benzene rings is 3. The summed E-state index contributed by atoms with van der Waals surface area (Å²) in [6, 6.07) is 16.4. The second-order valence-electron chi connectivity index (χ2n) is 7.53. The van der Waals surface area contributed by atoms with Crippen LogP contribution in [0.2, 0.25) is 0 Å². The van der Waals surface area contributed by atoms with E-state index in [-0.39, 0.29) is 24.7 Å². The van der Waals surface area contributed by atoms with Gasteiger partial charge in [0.2, 0.25) is 0 Å². The van der Waals surface area contributed by atoms with Gasteiger partial charge in [0.15, 0.2) is 11.5 Å². The Kier molecular flexibility index (Phi) is 6.87. The number of hydrogen-bond acceptors (Lipinski definition) is 4. The minimum atomic E-state index is -0.560. The number of nitrogens with one attached hydrogen (secondary N) is 1. The highest BCUT2D eigenvalue weighted by atomic mass is 19.1. The Morgan fingerprint density at radius 2 is 1.71 bits per heavy atom. The first kappa shape index (κ1) is 23.0. The predicted molar refractivity (Wildman–Crippen MR) is 122 cm³/mol. The van der Waals surface area contributed by atoms with Gasteiger partial charge in [-0.1, -0.05) is 36.4 Å². The molecule has 0 aromatic heterocycles. The molecule has 174 valence electrons. The van der Waals surface area contributed by atoms with Crippen molar-refractivity contribution in [3.05, 3.63) is 101 Å². The summed E-state index contributed by atoms with van der Waals surface area (Å²) in [5.41, 5.74) is 1.75. The average molecular weight is 464 g/mol. The lowest BCUT2D eigenvalue weighted by atomic mass is 10.1. The van der Waals surface area contributed by atoms with E-state index in [9.17, 15) is 18.4 Å². The van der Waals surface area contributed by atoms with E-state index in [0.29, 0.717) is 34.8 Å². The molecule has 0 spiro atoms. The van der Waals surface area contributed by atoms with Crippen molar-refractivity contribution in [2.24, 2.45) is 0 Å². The summed E-state index contributed by atoms with van der Waals surface area (Å²) in [4.78, 5) is 26.2. The summed E-state index contributed by atoms with van der Waals surface area (Å²) < 4.78 is 38.4. The van der Waals surface area contributed by atoms with Crippen molar-refractivity contribution in [1.29, 1.82) is 0 Å². The first-order valence-corrected chi connectivity index (χ1v) is 10.7. The second-order valence-corrected chi connectivity index (χ2v) is 7.53. The van der Waals surface area contributed by atoms with Crippen molar-refractivity contribution in [2.45, 2.75) is 20.1 Å². The molecule has 8 heteroatoms. The Balaban J connectivity index is 1.51. The second kappa shape index (κ2) is 10.2. The van der Waals surface area contributed by atoms with Gasteiger partial charge in [-0.2, -0.15) is 0 Å². The number of carbonyl (C=O) groups excluding carboxylic acids is 2. The Morgan fingerprint density at radius 3 is 2.44 bits per heavy atom. The number of amides is 3. The van der Waals surface area contributed by atoms with Crippen LogP contribution in [0.25, 0.3) is 6.08 Å². The molecular weight excluding hydrogens is 442 g/mol. The van der Waals surface area contributed by atoms with E-state index in [0.717, 1.165) is 4.90 Å². The standard InChI is InChI=1S/C26H22F2N2O4/c1-2-33-24-14-18(9-12-23(24)34-16-19-5-3-4-6-21(19)28)13-22-25(31)30(26(32)29-22)15-17-7-10-20(27)11-8-17/h3-14H,2,15-16H2,1H3,(H,29,32). The zero-order chi connectivity index (χ0) is 24.1. The van der Waals surface area contributed by atoms with Crippen LogP contribution in [0.3, 0.4) is 0 Å². The van der Waals surface area contributed by atoms with Crippen molar-refractivity contribution < 1.29 is 27.8 Å². The van der Waals surface area contributed by atoms with Crippen LogP contribution in [0.5, 0.6) is 11.5 Å². The van der Waals surface area contributed by atoms with Gasteiger partial charge in [-0.25, -0.2) is 13.6 Å². The molecule has 1 fully saturated rings. The number of nitrogens with zero attached hydrogens (tertiary/aromatic N) is 1. The van der Waals surface area contributed by atoms with E-state index in [2.05, 4.69) is 5.32 Å². The summed E-state index contributed by atoms with van der Waals surface area (Å²) in [6.07, 6.45) is 1.54. The Morgan fingerprint density at radius 1 is 0.941 bits per heavy atom. The van der Waals surface area contributed by atoms with Crippen molar-refractivity contribution >= 4 is 18.0 Å². The largest absolute Gasteiger partial charge is 0.490 e. The lowest BCUT2D eigenvalue weighted by Crippen LogP contribution is -2.30. The van der Waals surface area contributed by atoms with E-state index in [1.165, 1.54) is 36.4 Å². The van der Waals surface area contributed by atoms with Gasteiger partial charge >= 0.3 is 6.03 Å². The van der Waals surface area contributed by atoms with Gasteiger partial charge in [0.05, 0.1) is 13.2 Å². The van der Waals surface area contributed by atoms with E-state index in [1.54, 1.807) is 36.4 Å². The summed E-state index contributed by atoms with van der Waals surface area (Å²) >= 11 is 0. The predicted octanol–water partition coefficient (Wildman–Crippen LogP) is 5.04. The molecule has 1 aliphatic rings. The fourth-order valence-electron chi connectivity index (χ4n) is 3.43. The molecular formula is C26H22F2N2O4. The number of carbonyl (C=O) groups is 2. The molecule has 4 rings (SSSR count). The molecule has 0 bridgehead atoms. The van der Waals surface area contributed by atoms with Gasteiger partial charge < -0.3 is 14.8 Å². The van der Waals surface area contributed by atoms with Crippen molar-refractivity contribution in [2.75, 3.05) is 6.61 Å². The SMILES string of the molecule is CCOc1cc(C=C2NC(=O)N(Cc3ccc(F)cc3)C2=O)ccc1OCc1ccccc1F. The maximum Gasteiger partial charge on any atom is 0.329 e. The van der Waals surface area contributed by atoms with Gasteiger partial charge in [0.1, 0.15) is 23.9 Å². The number of halogens is 2. The molecule has 1 heterocycles. The Hall–Kier alpha value is -4.20. The first-order valence-electron chi connectivity index (χ1n) is 10.7. The number of ether oxygens (including phenoxy) is 2. The molecule has 1 saturated heterocycles. The van der Waals surface area contributed by atoms with Crippen molar-refractivity contribution in [1.82, 2.24) is 10.2 Å². The number of hydrogen-bond donors (Lipinski definition) is 1. The molecule has 0 saturated carbocycles. The van der Waals surface area contributed by atoms with Crippen LogP contribution in [0.15, 0.2) is 72.4 Å². The quantitative estimate of drug-likeness (QED) is 0.375. The number of urea groups is 1. The molecule has 1 aliphatic heterocycles. The van der Waals surface area contributed by atoms with Crippen LogP contribution < -0.4 is 14.8 Å². The highest BCUT2D eigenvalue weighted by Gasteiger charge is 2.33. The van der Waals surface area contributed by atoms with Crippen LogP contribution in [-0.4, -0.2) is 23.4 Å². The van der Waals surface area contributed by atoms with Crippen LogP contribution in [0.1, 0.15) is 23.6 Å². The Labute approximate surface area is 195 Å². The third-order valence-electron chi connectivity index (χ3n) is 5.14. The van der Waals surface area contributed by atoms with Gasteiger partial charge in [-0.3, -0.25) is 9.69 Å². The smallest absolute Gasteiger partial charge is 0.329 e. The maximum absolute atomic E-state index is 13.9. The van der Waals surface area contributed by atoms with Crippen molar-refractivity contribution in [3.8, 4) is 11.5 Å². The molecule has 34 heavy (non-hydrogen) atoms. The third-order valence-corrected chi connectivity index (χ3v) is 5.14. The highest BCUT2D eigenvalue weighted by Crippen LogP contribution is 2.31.